The Labute approximate surface area is 114 Å². The largest absolute Gasteiger partial charge is 0.344 e. The number of aromatic nitrogens is 2. The predicted octanol–water partition coefficient (Wildman–Crippen LogP) is 0.0837. The number of carbonyl (C=O) groups excluding carboxylic acids is 2. The van der Waals surface area contributed by atoms with Crippen molar-refractivity contribution < 1.29 is 9.59 Å². The fourth-order valence-corrected chi connectivity index (χ4v) is 2.35. The first kappa shape index (κ1) is 12.5. The zero-order valence-electron chi connectivity index (χ0n) is 10.9. The molecule has 1 atom stereocenters. The maximum atomic E-state index is 12.0. The molecular weight excluding hydrogens is 260 g/mol. The van der Waals surface area contributed by atoms with Gasteiger partial charge in [0.15, 0.2) is 0 Å². The Kier molecular flexibility index (Phi) is 2.81. The molecule has 7 nitrogen and oxygen atoms in total. The van der Waals surface area contributed by atoms with Gasteiger partial charge >= 0.3 is 5.69 Å². The summed E-state index contributed by atoms with van der Waals surface area (Å²) in [6.45, 7) is 0. The molecule has 0 radical (unpaired) electrons. The van der Waals surface area contributed by atoms with Gasteiger partial charge in [-0.3, -0.25) is 14.2 Å². The minimum Gasteiger partial charge on any atom is -0.344 e. The van der Waals surface area contributed by atoms with Gasteiger partial charge in [0.25, 0.3) is 0 Å². The molecule has 20 heavy (non-hydrogen) atoms. The van der Waals surface area contributed by atoms with E-state index in [4.69, 9.17) is 0 Å². The Bertz CT molecular complexity index is 759. The average molecular weight is 274 g/mol. The summed E-state index contributed by atoms with van der Waals surface area (Å²) in [6, 6.07) is 4.71. The van der Waals surface area contributed by atoms with Crippen molar-refractivity contribution in [3.05, 3.63) is 28.7 Å². The molecule has 0 saturated carbocycles. The van der Waals surface area contributed by atoms with E-state index in [1.54, 1.807) is 25.2 Å². The van der Waals surface area contributed by atoms with Crippen molar-refractivity contribution in [3.63, 3.8) is 0 Å². The highest BCUT2D eigenvalue weighted by atomic mass is 16.2. The second kappa shape index (κ2) is 4.52. The molecule has 0 bridgehead atoms. The number of benzene rings is 1. The fourth-order valence-electron chi connectivity index (χ4n) is 2.35. The quantitative estimate of drug-likeness (QED) is 0.723. The van der Waals surface area contributed by atoms with Crippen LogP contribution in [0.2, 0.25) is 0 Å². The monoisotopic (exact) mass is 274 g/mol. The van der Waals surface area contributed by atoms with Crippen LogP contribution in [0.25, 0.3) is 11.0 Å². The highest BCUT2D eigenvalue weighted by Crippen LogP contribution is 2.17. The van der Waals surface area contributed by atoms with Crippen molar-refractivity contribution in [3.8, 4) is 0 Å². The summed E-state index contributed by atoms with van der Waals surface area (Å²) in [7, 11) is 1.67. The molecule has 7 heteroatoms. The van der Waals surface area contributed by atoms with Crippen molar-refractivity contribution in [1.29, 1.82) is 0 Å². The third-order valence-electron chi connectivity index (χ3n) is 3.48. The van der Waals surface area contributed by atoms with E-state index in [1.165, 1.54) is 4.57 Å². The molecule has 1 unspecified atom stereocenters. The minimum atomic E-state index is -0.479. The minimum absolute atomic E-state index is 0.104. The lowest BCUT2D eigenvalue weighted by Crippen LogP contribution is -2.37. The average Bonchev–Trinajstić information content (AvgIpc) is 2.95. The molecule has 104 valence electrons. The van der Waals surface area contributed by atoms with Crippen LogP contribution >= 0.6 is 0 Å². The van der Waals surface area contributed by atoms with E-state index >= 15 is 0 Å². The van der Waals surface area contributed by atoms with E-state index in [1.807, 2.05) is 0 Å². The van der Waals surface area contributed by atoms with Gasteiger partial charge in [-0.05, 0) is 24.6 Å². The standard InChI is InChI=1S/C13H14N4O3/c1-17-10-4-2-7(6-9(10)16-13(17)20)14-12(19)8-3-5-11(18)15-8/h2,4,6,8H,3,5H2,1H3,(H,14,19)(H,15,18)(H,16,20). The van der Waals surface area contributed by atoms with Crippen LogP contribution in [0.1, 0.15) is 12.8 Å². The molecule has 3 N–H and O–H groups in total. The van der Waals surface area contributed by atoms with Gasteiger partial charge in [-0.15, -0.1) is 0 Å². The number of anilines is 1. The van der Waals surface area contributed by atoms with Gasteiger partial charge in [-0.1, -0.05) is 0 Å². The second-order valence-corrected chi connectivity index (χ2v) is 4.87. The number of nitrogens with zero attached hydrogens (tertiary/aromatic N) is 1. The first-order valence-electron chi connectivity index (χ1n) is 6.33. The van der Waals surface area contributed by atoms with Crippen LogP contribution in [-0.4, -0.2) is 27.4 Å². The molecule has 0 aliphatic carbocycles. The Hall–Kier alpha value is -2.57. The topological polar surface area (TPSA) is 96.0 Å². The first-order valence-corrected chi connectivity index (χ1v) is 6.33. The van der Waals surface area contributed by atoms with Crippen molar-refractivity contribution in [1.82, 2.24) is 14.9 Å². The highest BCUT2D eigenvalue weighted by molar-refractivity contribution is 5.99. The van der Waals surface area contributed by atoms with E-state index in [0.717, 1.165) is 5.52 Å². The van der Waals surface area contributed by atoms with Crippen LogP contribution < -0.4 is 16.3 Å². The van der Waals surface area contributed by atoms with E-state index in [-0.39, 0.29) is 17.5 Å². The zero-order valence-corrected chi connectivity index (χ0v) is 10.9. The Balaban J connectivity index is 1.82. The van der Waals surface area contributed by atoms with Crippen LogP contribution in [0.5, 0.6) is 0 Å². The van der Waals surface area contributed by atoms with Crippen LogP contribution in [0, 0.1) is 0 Å². The van der Waals surface area contributed by atoms with Crippen molar-refractivity contribution in [2.24, 2.45) is 7.05 Å². The number of rotatable bonds is 2. The maximum absolute atomic E-state index is 12.0. The molecule has 1 aromatic heterocycles. The van der Waals surface area contributed by atoms with Gasteiger partial charge < -0.3 is 15.6 Å². The number of amides is 2. The number of nitrogens with one attached hydrogen (secondary N) is 3. The van der Waals surface area contributed by atoms with Gasteiger partial charge in [0.2, 0.25) is 11.8 Å². The number of aryl methyl sites for hydroxylation is 1. The maximum Gasteiger partial charge on any atom is 0.326 e. The third kappa shape index (κ3) is 2.07. The smallest absolute Gasteiger partial charge is 0.326 e. The molecule has 1 aromatic carbocycles. The fraction of sp³-hybridized carbons (Fsp3) is 0.308. The summed E-state index contributed by atoms with van der Waals surface area (Å²) in [6.07, 6.45) is 0.887. The van der Waals surface area contributed by atoms with E-state index in [0.29, 0.717) is 24.0 Å². The lowest BCUT2D eigenvalue weighted by atomic mass is 10.2. The summed E-state index contributed by atoms with van der Waals surface area (Å²) in [5.41, 5.74) is 1.81. The number of imidazole rings is 1. The van der Waals surface area contributed by atoms with Crippen LogP contribution in [0.3, 0.4) is 0 Å². The lowest BCUT2D eigenvalue weighted by molar-refractivity contribution is -0.122. The van der Waals surface area contributed by atoms with E-state index in [9.17, 15) is 14.4 Å². The molecule has 1 saturated heterocycles. The molecule has 2 aromatic rings. The van der Waals surface area contributed by atoms with Gasteiger partial charge in [-0.2, -0.15) is 0 Å². The predicted molar refractivity (Wildman–Crippen MR) is 73.3 cm³/mol. The van der Waals surface area contributed by atoms with Crippen LogP contribution in [0.4, 0.5) is 5.69 Å². The van der Waals surface area contributed by atoms with Crippen molar-refractivity contribution in [2.75, 3.05) is 5.32 Å². The van der Waals surface area contributed by atoms with E-state index in [2.05, 4.69) is 15.6 Å². The number of hydrogen-bond donors (Lipinski definition) is 3. The van der Waals surface area contributed by atoms with Gasteiger partial charge in [0.05, 0.1) is 11.0 Å². The van der Waals surface area contributed by atoms with Gasteiger partial charge in [0, 0.05) is 19.2 Å². The van der Waals surface area contributed by atoms with Crippen molar-refractivity contribution >= 4 is 28.5 Å². The second-order valence-electron chi connectivity index (χ2n) is 4.87. The molecule has 2 heterocycles. The van der Waals surface area contributed by atoms with Gasteiger partial charge in [0.1, 0.15) is 6.04 Å². The van der Waals surface area contributed by atoms with Crippen molar-refractivity contribution in [2.45, 2.75) is 18.9 Å². The molecule has 2 amide bonds. The summed E-state index contributed by atoms with van der Waals surface area (Å²) >= 11 is 0. The number of aromatic amines is 1. The Morgan fingerprint density at radius 1 is 1.40 bits per heavy atom. The molecule has 3 rings (SSSR count). The summed E-state index contributed by atoms with van der Waals surface area (Å²) < 4.78 is 1.50. The molecular formula is C13H14N4O3. The normalized spacial score (nSPS) is 18.2. The third-order valence-corrected chi connectivity index (χ3v) is 3.48. The van der Waals surface area contributed by atoms with Crippen LogP contribution in [-0.2, 0) is 16.6 Å². The van der Waals surface area contributed by atoms with Crippen LogP contribution in [0.15, 0.2) is 23.0 Å². The SMILES string of the molecule is Cn1c(=O)[nH]c2cc(NC(=O)C3CCC(=O)N3)ccc21. The molecule has 1 aliphatic heterocycles. The highest BCUT2D eigenvalue weighted by Gasteiger charge is 2.27. The summed E-state index contributed by atoms with van der Waals surface area (Å²) in [4.78, 5) is 37.3. The number of carbonyl (C=O) groups is 2. The zero-order chi connectivity index (χ0) is 14.3. The van der Waals surface area contributed by atoms with E-state index < -0.39 is 6.04 Å². The van der Waals surface area contributed by atoms with Gasteiger partial charge in [-0.25, -0.2) is 4.79 Å². The number of H-pyrrole nitrogens is 1. The Morgan fingerprint density at radius 2 is 2.20 bits per heavy atom. The molecule has 0 spiro atoms. The number of hydrogen-bond acceptors (Lipinski definition) is 3. The first-order chi connectivity index (χ1) is 9.54. The number of fused-ring (bicyclic) bond motifs is 1. The Morgan fingerprint density at radius 3 is 2.90 bits per heavy atom. The lowest BCUT2D eigenvalue weighted by Gasteiger charge is -2.10. The molecule has 1 aliphatic rings. The molecule has 1 fully saturated rings. The summed E-state index contributed by atoms with van der Waals surface area (Å²) in [5, 5.41) is 5.35. The summed E-state index contributed by atoms with van der Waals surface area (Å²) in [5.74, 6) is -0.346.